The van der Waals surface area contributed by atoms with E-state index in [1.165, 1.54) is 6.07 Å². The normalized spacial score (nSPS) is 10.7. The number of rotatable bonds is 3. The maximum Gasteiger partial charge on any atom is 0.247 e. The number of benzene rings is 1. The fraction of sp³-hybridized carbons (Fsp3) is 0.143. The average molecular weight is 271 g/mol. The molecule has 0 atom stereocenters. The SMILES string of the molecule is COc1cc2nc(-c3ccc(=O)[nH]c3)[nH]c2cc1OC. The molecule has 102 valence electrons. The van der Waals surface area contributed by atoms with Crippen LogP contribution < -0.4 is 15.0 Å². The lowest BCUT2D eigenvalue weighted by Crippen LogP contribution is -2.01. The molecule has 0 radical (unpaired) electrons. The fourth-order valence-electron chi connectivity index (χ4n) is 2.03. The monoisotopic (exact) mass is 271 g/mol. The summed E-state index contributed by atoms with van der Waals surface area (Å²) in [4.78, 5) is 21.4. The number of hydrogen-bond donors (Lipinski definition) is 2. The van der Waals surface area contributed by atoms with Gasteiger partial charge in [-0.25, -0.2) is 4.98 Å². The Morgan fingerprint density at radius 1 is 1.10 bits per heavy atom. The molecule has 2 N–H and O–H groups in total. The molecule has 3 aromatic rings. The van der Waals surface area contributed by atoms with E-state index in [1.54, 1.807) is 32.5 Å². The zero-order valence-corrected chi connectivity index (χ0v) is 11.1. The maximum atomic E-state index is 11.1. The highest BCUT2D eigenvalue weighted by Crippen LogP contribution is 2.32. The van der Waals surface area contributed by atoms with Crippen LogP contribution >= 0.6 is 0 Å². The zero-order valence-electron chi connectivity index (χ0n) is 11.1. The molecule has 2 aromatic heterocycles. The first-order valence-corrected chi connectivity index (χ1v) is 6.02. The molecule has 0 bridgehead atoms. The number of aromatic amines is 2. The molecule has 6 nitrogen and oxygen atoms in total. The van der Waals surface area contributed by atoms with E-state index in [0.717, 1.165) is 16.6 Å². The molecule has 6 heteroatoms. The van der Waals surface area contributed by atoms with E-state index in [9.17, 15) is 4.79 Å². The molecule has 0 saturated heterocycles. The highest BCUT2D eigenvalue weighted by molar-refractivity contribution is 5.82. The van der Waals surface area contributed by atoms with Gasteiger partial charge in [-0.15, -0.1) is 0 Å². The molecule has 0 amide bonds. The second kappa shape index (κ2) is 4.73. The number of imidazole rings is 1. The third kappa shape index (κ3) is 2.01. The highest BCUT2D eigenvalue weighted by Gasteiger charge is 2.10. The van der Waals surface area contributed by atoms with Crippen LogP contribution in [0.5, 0.6) is 11.5 Å². The fourth-order valence-corrected chi connectivity index (χ4v) is 2.03. The summed E-state index contributed by atoms with van der Waals surface area (Å²) in [7, 11) is 3.17. The summed E-state index contributed by atoms with van der Waals surface area (Å²) in [6.07, 6.45) is 1.62. The number of nitrogens with zero attached hydrogens (tertiary/aromatic N) is 1. The molecule has 0 fully saturated rings. The zero-order chi connectivity index (χ0) is 14.1. The minimum absolute atomic E-state index is 0.145. The topological polar surface area (TPSA) is 80.0 Å². The summed E-state index contributed by atoms with van der Waals surface area (Å²) in [6, 6.07) is 6.81. The molecular weight excluding hydrogens is 258 g/mol. The van der Waals surface area contributed by atoms with Crippen LogP contribution in [0.2, 0.25) is 0 Å². The summed E-state index contributed by atoms with van der Waals surface area (Å²) in [5.74, 6) is 1.93. The minimum Gasteiger partial charge on any atom is -0.493 e. The van der Waals surface area contributed by atoms with E-state index in [2.05, 4.69) is 15.0 Å². The van der Waals surface area contributed by atoms with Crippen molar-refractivity contribution in [2.24, 2.45) is 0 Å². The molecule has 20 heavy (non-hydrogen) atoms. The predicted molar refractivity (Wildman–Crippen MR) is 75.3 cm³/mol. The van der Waals surface area contributed by atoms with Gasteiger partial charge in [0.25, 0.3) is 0 Å². The second-order valence-electron chi connectivity index (χ2n) is 4.25. The smallest absolute Gasteiger partial charge is 0.247 e. The summed E-state index contributed by atoms with van der Waals surface area (Å²) in [5, 5.41) is 0. The maximum absolute atomic E-state index is 11.1. The van der Waals surface area contributed by atoms with Gasteiger partial charge in [-0.05, 0) is 6.07 Å². The van der Waals surface area contributed by atoms with Gasteiger partial charge in [0.15, 0.2) is 11.5 Å². The van der Waals surface area contributed by atoms with Gasteiger partial charge < -0.3 is 19.4 Å². The van der Waals surface area contributed by atoms with Gasteiger partial charge in [0.1, 0.15) is 5.82 Å². The highest BCUT2D eigenvalue weighted by atomic mass is 16.5. The number of methoxy groups -OCH3 is 2. The van der Waals surface area contributed by atoms with Crippen molar-refractivity contribution in [3.8, 4) is 22.9 Å². The number of aromatic nitrogens is 3. The van der Waals surface area contributed by atoms with Crippen molar-refractivity contribution in [2.75, 3.05) is 14.2 Å². The average Bonchev–Trinajstić information content (AvgIpc) is 2.89. The van der Waals surface area contributed by atoms with Crippen molar-refractivity contribution < 1.29 is 9.47 Å². The number of fused-ring (bicyclic) bond motifs is 1. The Hall–Kier alpha value is -2.76. The molecule has 3 rings (SSSR count). The standard InChI is InChI=1S/C14H13N3O3/c1-19-11-5-9-10(6-12(11)20-2)17-14(16-9)8-3-4-13(18)15-7-8/h3-7H,1-2H3,(H,15,18)(H,16,17). The molecule has 0 saturated carbocycles. The Labute approximate surface area is 114 Å². The van der Waals surface area contributed by atoms with Crippen molar-refractivity contribution in [1.29, 1.82) is 0 Å². The van der Waals surface area contributed by atoms with E-state index in [0.29, 0.717) is 17.3 Å². The lowest BCUT2D eigenvalue weighted by Gasteiger charge is -2.06. The molecule has 0 aliphatic carbocycles. The molecular formula is C14H13N3O3. The van der Waals surface area contributed by atoms with Gasteiger partial charge in [0.2, 0.25) is 5.56 Å². The summed E-state index contributed by atoms with van der Waals surface area (Å²) in [6.45, 7) is 0. The van der Waals surface area contributed by atoms with Gasteiger partial charge in [0, 0.05) is 30.0 Å². The van der Waals surface area contributed by atoms with Crippen molar-refractivity contribution in [3.05, 3.63) is 40.8 Å². The lowest BCUT2D eigenvalue weighted by molar-refractivity contribution is 0.356. The number of hydrogen-bond acceptors (Lipinski definition) is 4. The summed E-state index contributed by atoms with van der Waals surface area (Å²) in [5.41, 5.74) is 2.26. The van der Waals surface area contributed by atoms with Gasteiger partial charge in [-0.1, -0.05) is 0 Å². The van der Waals surface area contributed by atoms with Crippen molar-refractivity contribution in [2.45, 2.75) is 0 Å². The Bertz CT molecular complexity index is 759. The Balaban J connectivity index is 2.15. The van der Waals surface area contributed by atoms with E-state index in [4.69, 9.17) is 9.47 Å². The third-order valence-electron chi connectivity index (χ3n) is 3.04. The van der Waals surface area contributed by atoms with Gasteiger partial charge in [-0.2, -0.15) is 0 Å². The van der Waals surface area contributed by atoms with Gasteiger partial charge in [-0.3, -0.25) is 4.79 Å². The quantitative estimate of drug-likeness (QED) is 0.762. The first-order chi connectivity index (χ1) is 9.71. The number of nitrogens with one attached hydrogen (secondary N) is 2. The third-order valence-corrected chi connectivity index (χ3v) is 3.04. The summed E-state index contributed by atoms with van der Waals surface area (Å²) < 4.78 is 10.5. The van der Waals surface area contributed by atoms with Crippen molar-refractivity contribution in [3.63, 3.8) is 0 Å². The first-order valence-electron chi connectivity index (χ1n) is 6.02. The molecule has 0 spiro atoms. The van der Waals surface area contributed by atoms with Crippen molar-refractivity contribution >= 4 is 11.0 Å². The largest absolute Gasteiger partial charge is 0.493 e. The van der Waals surface area contributed by atoms with E-state index >= 15 is 0 Å². The lowest BCUT2D eigenvalue weighted by atomic mass is 10.3. The van der Waals surface area contributed by atoms with Crippen LogP contribution in [0, 0.1) is 0 Å². The first kappa shape index (κ1) is 12.3. The predicted octanol–water partition coefficient (Wildman–Crippen LogP) is 1.94. The Morgan fingerprint density at radius 3 is 2.50 bits per heavy atom. The van der Waals surface area contributed by atoms with Gasteiger partial charge in [0.05, 0.1) is 25.3 Å². The molecule has 0 unspecified atom stereocenters. The minimum atomic E-state index is -0.145. The molecule has 1 aromatic carbocycles. The van der Waals surface area contributed by atoms with Gasteiger partial charge >= 0.3 is 0 Å². The molecule has 2 heterocycles. The van der Waals surface area contributed by atoms with Crippen LogP contribution in [0.25, 0.3) is 22.4 Å². The van der Waals surface area contributed by atoms with Crippen LogP contribution in [-0.2, 0) is 0 Å². The van der Waals surface area contributed by atoms with Crippen LogP contribution in [0.1, 0.15) is 0 Å². The van der Waals surface area contributed by atoms with Crippen LogP contribution in [-0.4, -0.2) is 29.2 Å². The molecule has 0 aliphatic rings. The second-order valence-corrected chi connectivity index (χ2v) is 4.25. The van der Waals surface area contributed by atoms with Crippen LogP contribution in [0.3, 0.4) is 0 Å². The van der Waals surface area contributed by atoms with Crippen LogP contribution in [0.15, 0.2) is 35.3 Å². The summed E-state index contributed by atoms with van der Waals surface area (Å²) >= 11 is 0. The van der Waals surface area contributed by atoms with Crippen molar-refractivity contribution in [1.82, 2.24) is 15.0 Å². The Morgan fingerprint density at radius 2 is 1.85 bits per heavy atom. The van der Waals surface area contributed by atoms with E-state index in [1.807, 2.05) is 6.07 Å². The molecule has 0 aliphatic heterocycles. The number of H-pyrrole nitrogens is 2. The Kier molecular flexibility index (Phi) is 2.90. The van der Waals surface area contributed by atoms with E-state index in [-0.39, 0.29) is 5.56 Å². The van der Waals surface area contributed by atoms with E-state index < -0.39 is 0 Å². The number of ether oxygens (including phenoxy) is 2. The number of pyridine rings is 1. The van der Waals surface area contributed by atoms with Crippen LogP contribution in [0.4, 0.5) is 0 Å².